The van der Waals surface area contributed by atoms with Gasteiger partial charge in [-0.15, -0.1) is 0 Å². The number of urea groups is 1. The maximum atomic E-state index is 12.2. The molecule has 2 aromatic carbocycles. The summed E-state index contributed by atoms with van der Waals surface area (Å²) < 4.78 is 0. The molecule has 0 saturated carbocycles. The summed E-state index contributed by atoms with van der Waals surface area (Å²) in [5.41, 5.74) is 5.36. The van der Waals surface area contributed by atoms with Crippen molar-refractivity contribution < 1.29 is 4.79 Å². The van der Waals surface area contributed by atoms with Crippen LogP contribution >= 0.6 is 0 Å². The van der Waals surface area contributed by atoms with Crippen LogP contribution in [0.4, 0.5) is 16.2 Å². The average Bonchev–Trinajstić information content (AvgIpc) is 3.54. The molecule has 0 atom stereocenters. The van der Waals surface area contributed by atoms with E-state index >= 15 is 0 Å². The van der Waals surface area contributed by atoms with E-state index < -0.39 is 0 Å². The molecule has 0 spiro atoms. The Morgan fingerprint density at radius 1 is 1.06 bits per heavy atom. The van der Waals surface area contributed by atoms with Crippen LogP contribution in [0.5, 0.6) is 0 Å². The first-order valence-electron chi connectivity index (χ1n) is 13.2. The lowest BCUT2D eigenvalue weighted by Gasteiger charge is -2.41. The van der Waals surface area contributed by atoms with Crippen LogP contribution in [0.3, 0.4) is 0 Å². The Hall–Kier alpha value is -3.59. The molecule has 2 aliphatic rings. The molecule has 4 N–H and O–H groups in total. The minimum Gasteiger partial charge on any atom is -0.371 e. The summed E-state index contributed by atoms with van der Waals surface area (Å²) in [6.07, 6.45) is 6.56. The fourth-order valence-electron chi connectivity index (χ4n) is 5.75. The fourth-order valence-corrected chi connectivity index (χ4v) is 5.75. The lowest BCUT2D eigenvalue weighted by Crippen LogP contribution is -2.46. The van der Waals surface area contributed by atoms with Crippen molar-refractivity contribution in [2.45, 2.75) is 45.1 Å². The van der Waals surface area contributed by atoms with Crippen LogP contribution in [0.15, 0.2) is 36.4 Å². The zero-order chi connectivity index (χ0) is 24.5. The van der Waals surface area contributed by atoms with Gasteiger partial charge in [-0.3, -0.25) is 5.10 Å². The van der Waals surface area contributed by atoms with Gasteiger partial charge in [-0.25, -0.2) is 9.78 Å². The summed E-state index contributed by atoms with van der Waals surface area (Å²) in [7, 11) is 0. The van der Waals surface area contributed by atoms with Gasteiger partial charge in [-0.1, -0.05) is 12.5 Å². The Balaban J connectivity index is 1.24. The number of rotatable bonds is 5. The zero-order valence-electron chi connectivity index (χ0n) is 20.8. The number of aromatic amines is 2. The topological polar surface area (TPSA) is 105 Å². The molecule has 0 radical (unpaired) electrons. The summed E-state index contributed by atoms with van der Waals surface area (Å²) in [6, 6.07) is 12.7. The van der Waals surface area contributed by atoms with E-state index in [0.717, 1.165) is 41.1 Å². The second-order valence-corrected chi connectivity index (χ2v) is 9.89. The molecule has 4 aromatic rings. The van der Waals surface area contributed by atoms with Crippen LogP contribution in [-0.2, 0) is 0 Å². The number of fused-ring (bicyclic) bond motifs is 2. The van der Waals surface area contributed by atoms with Crippen LogP contribution in [0, 0.1) is 0 Å². The maximum absolute atomic E-state index is 12.2. The number of hydrogen-bond acceptors (Lipinski definition) is 5. The highest BCUT2D eigenvalue weighted by molar-refractivity contribution is 6.06. The van der Waals surface area contributed by atoms with Crippen LogP contribution in [0.25, 0.3) is 33.5 Å². The number of H-pyrrole nitrogens is 2. The van der Waals surface area contributed by atoms with Gasteiger partial charge in [-0.05, 0) is 76.0 Å². The summed E-state index contributed by atoms with van der Waals surface area (Å²) in [5, 5.41) is 14.2. The van der Waals surface area contributed by atoms with Gasteiger partial charge in [0.1, 0.15) is 5.69 Å². The minimum absolute atomic E-state index is 0.240. The molecule has 4 heterocycles. The normalized spacial score (nSPS) is 17.6. The number of hydrogen-bond donors (Lipinski definition) is 4. The molecular weight excluding hydrogens is 452 g/mol. The van der Waals surface area contributed by atoms with Crippen LogP contribution in [-0.4, -0.2) is 69.9 Å². The minimum atomic E-state index is -0.240. The number of carbonyl (C=O) groups excluding carboxylic acids is 1. The lowest BCUT2D eigenvalue weighted by atomic mass is 9.99. The van der Waals surface area contributed by atoms with Crippen molar-refractivity contribution in [2.75, 3.05) is 42.9 Å². The van der Waals surface area contributed by atoms with Crippen molar-refractivity contribution in [1.29, 1.82) is 0 Å². The largest absolute Gasteiger partial charge is 0.371 e. The van der Waals surface area contributed by atoms with Crippen molar-refractivity contribution in [3.63, 3.8) is 0 Å². The van der Waals surface area contributed by atoms with E-state index in [0.29, 0.717) is 23.8 Å². The second kappa shape index (κ2) is 9.81. The third-order valence-corrected chi connectivity index (χ3v) is 7.60. The van der Waals surface area contributed by atoms with Crippen LogP contribution in [0.1, 0.15) is 39.0 Å². The van der Waals surface area contributed by atoms with E-state index in [1.807, 2.05) is 25.1 Å². The highest BCUT2D eigenvalue weighted by Crippen LogP contribution is 2.33. The smallest absolute Gasteiger partial charge is 0.319 e. The first-order chi connectivity index (χ1) is 17.7. The second-order valence-electron chi connectivity index (χ2n) is 9.89. The molecule has 0 bridgehead atoms. The molecular formula is C27H34N8O. The summed E-state index contributed by atoms with van der Waals surface area (Å²) in [4.78, 5) is 25.7. The number of amides is 2. The molecule has 0 aliphatic carbocycles. The van der Waals surface area contributed by atoms with E-state index in [9.17, 15) is 4.79 Å². The SMILES string of the molecule is CCNC(=O)Nc1cccc2[nH]nc(-c3nc4ccc(N5CCC(N6CCCCC6)CC5)cc4[nH]3)c12. The molecule has 2 saturated heterocycles. The number of carbonyl (C=O) groups is 1. The summed E-state index contributed by atoms with van der Waals surface area (Å²) in [6.45, 7) is 7.18. The number of likely N-dealkylation sites (tertiary alicyclic amines) is 1. The molecule has 0 unspecified atom stereocenters. The number of aromatic nitrogens is 4. The van der Waals surface area contributed by atoms with E-state index in [1.165, 1.54) is 50.9 Å². The molecule has 2 aliphatic heterocycles. The third-order valence-electron chi connectivity index (χ3n) is 7.60. The monoisotopic (exact) mass is 486 g/mol. The Labute approximate surface area is 210 Å². The van der Waals surface area contributed by atoms with Crippen molar-refractivity contribution in [2.24, 2.45) is 0 Å². The Bertz CT molecular complexity index is 1360. The number of benzene rings is 2. The van der Waals surface area contributed by atoms with Crippen molar-refractivity contribution in [3.05, 3.63) is 36.4 Å². The zero-order valence-corrected chi connectivity index (χ0v) is 20.8. The van der Waals surface area contributed by atoms with Gasteiger partial charge >= 0.3 is 6.03 Å². The number of piperidine rings is 2. The third kappa shape index (κ3) is 4.39. The molecule has 9 nitrogen and oxygen atoms in total. The van der Waals surface area contributed by atoms with E-state index in [-0.39, 0.29) is 6.03 Å². The fraction of sp³-hybridized carbons (Fsp3) is 0.444. The Morgan fingerprint density at radius 2 is 1.89 bits per heavy atom. The predicted molar refractivity (Wildman–Crippen MR) is 145 cm³/mol. The first-order valence-corrected chi connectivity index (χ1v) is 13.2. The lowest BCUT2D eigenvalue weighted by molar-refractivity contribution is 0.141. The molecule has 2 aromatic heterocycles. The van der Waals surface area contributed by atoms with Crippen molar-refractivity contribution in [1.82, 2.24) is 30.4 Å². The number of nitrogens with one attached hydrogen (secondary N) is 4. The van der Waals surface area contributed by atoms with Gasteiger partial charge < -0.3 is 25.4 Å². The number of anilines is 2. The Morgan fingerprint density at radius 3 is 2.69 bits per heavy atom. The van der Waals surface area contributed by atoms with Gasteiger partial charge in [0.05, 0.1) is 27.6 Å². The van der Waals surface area contributed by atoms with Gasteiger partial charge in [-0.2, -0.15) is 5.10 Å². The van der Waals surface area contributed by atoms with Gasteiger partial charge in [0.25, 0.3) is 0 Å². The molecule has 188 valence electrons. The Kier molecular flexibility index (Phi) is 6.23. The first kappa shape index (κ1) is 22.8. The quantitative estimate of drug-likeness (QED) is 0.327. The standard InChI is InChI=1S/C27H34N8O/c1-2-28-27(36)31-21-7-6-8-22-24(21)25(33-32-22)26-29-20-10-9-19(17-23(20)30-26)35-15-11-18(12-16-35)34-13-4-3-5-14-34/h6-10,17-18H,2-5,11-16H2,1H3,(H,29,30)(H,32,33)(H2,28,31,36). The molecule has 2 amide bonds. The molecule has 2 fully saturated rings. The highest BCUT2D eigenvalue weighted by Gasteiger charge is 2.26. The van der Waals surface area contributed by atoms with E-state index in [1.54, 1.807) is 0 Å². The van der Waals surface area contributed by atoms with Gasteiger partial charge in [0.2, 0.25) is 0 Å². The van der Waals surface area contributed by atoms with Crippen molar-refractivity contribution >= 4 is 39.3 Å². The van der Waals surface area contributed by atoms with Gasteiger partial charge in [0.15, 0.2) is 5.82 Å². The average molecular weight is 487 g/mol. The predicted octanol–water partition coefficient (Wildman–Crippen LogP) is 4.70. The number of imidazole rings is 1. The van der Waals surface area contributed by atoms with Crippen molar-refractivity contribution in [3.8, 4) is 11.5 Å². The van der Waals surface area contributed by atoms with Crippen LogP contribution in [0.2, 0.25) is 0 Å². The summed E-state index contributed by atoms with van der Waals surface area (Å²) in [5.74, 6) is 0.683. The highest BCUT2D eigenvalue weighted by atomic mass is 16.2. The van der Waals surface area contributed by atoms with E-state index in [4.69, 9.17) is 4.98 Å². The van der Waals surface area contributed by atoms with Gasteiger partial charge in [0, 0.05) is 31.4 Å². The molecule has 9 heteroatoms. The number of nitrogens with zero attached hydrogens (tertiary/aromatic N) is 4. The molecule has 36 heavy (non-hydrogen) atoms. The summed E-state index contributed by atoms with van der Waals surface area (Å²) >= 11 is 0. The molecule has 6 rings (SSSR count). The van der Waals surface area contributed by atoms with Crippen LogP contribution < -0.4 is 15.5 Å². The maximum Gasteiger partial charge on any atom is 0.319 e. The van der Waals surface area contributed by atoms with E-state index in [2.05, 4.69) is 53.8 Å².